The number of fused-ring (bicyclic) bond motifs is 1. The summed E-state index contributed by atoms with van der Waals surface area (Å²) in [7, 11) is 0. The normalized spacial score (nSPS) is 21.2. The lowest BCUT2D eigenvalue weighted by Crippen LogP contribution is -2.49. The molecule has 0 amide bonds. The first-order chi connectivity index (χ1) is 14.1. The van der Waals surface area contributed by atoms with Gasteiger partial charge in [0.2, 0.25) is 0 Å². The van der Waals surface area contributed by atoms with Crippen molar-refractivity contribution in [3.8, 4) is 5.75 Å². The molecule has 3 atom stereocenters. The van der Waals surface area contributed by atoms with Crippen molar-refractivity contribution in [2.75, 3.05) is 26.3 Å². The molecule has 3 aromatic rings. The second-order valence-corrected chi connectivity index (χ2v) is 8.47. The minimum atomic E-state index is -0.562. The molecule has 1 heterocycles. The van der Waals surface area contributed by atoms with Crippen LogP contribution in [0.5, 0.6) is 5.75 Å². The number of aliphatic hydroxyl groups excluding tert-OH is 1. The first kappa shape index (κ1) is 20.4. The predicted octanol–water partition coefficient (Wildman–Crippen LogP) is 4.80. The average Bonchev–Trinajstić information content (AvgIpc) is 2.74. The van der Waals surface area contributed by atoms with Crippen LogP contribution >= 0.6 is 15.9 Å². The number of ether oxygens (including phenoxy) is 2. The minimum absolute atomic E-state index is 0.00505. The molecule has 1 saturated heterocycles. The van der Waals surface area contributed by atoms with Crippen LogP contribution in [-0.4, -0.2) is 48.5 Å². The van der Waals surface area contributed by atoms with Crippen molar-refractivity contribution in [2.24, 2.45) is 0 Å². The van der Waals surface area contributed by atoms with Gasteiger partial charge in [0.25, 0.3) is 0 Å². The molecule has 1 aliphatic rings. The predicted molar refractivity (Wildman–Crippen MR) is 119 cm³/mol. The van der Waals surface area contributed by atoms with E-state index in [1.54, 1.807) is 0 Å². The van der Waals surface area contributed by atoms with E-state index in [1.165, 1.54) is 5.39 Å². The van der Waals surface area contributed by atoms with Crippen LogP contribution in [0.15, 0.2) is 71.2 Å². The molecule has 0 spiro atoms. The van der Waals surface area contributed by atoms with E-state index >= 15 is 0 Å². The third-order valence-corrected chi connectivity index (χ3v) is 6.03. The molecule has 152 valence electrons. The number of hydrogen-bond acceptors (Lipinski definition) is 4. The molecule has 1 fully saturated rings. The monoisotopic (exact) mass is 455 g/mol. The number of β-amino-alcohol motifs (C(OH)–C–C–N with tert-alkyl or cyclic N) is 1. The number of benzene rings is 3. The van der Waals surface area contributed by atoms with Gasteiger partial charge in [-0.2, -0.15) is 0 Å². The fourth-order valence-corrected chi connectivity index (χ4v) is 4.15. The molecule has 0 saturated carbocycles. The van der Waals surface area contributed by atoms with Gasteiger partial charge < -0.3 is 14.6 Å². The van der Waals surface area contributed by atoms with Gasteiger partial charge in [0, 0.05) is 23.6 Å². The highest BCUT2D eigenvalue weighted by atomic mass is 79.9. The van der Waals surface area contributed by atoms with Crippen molar-refractivity contribution in [3.63, 3.8) is 0 Å². The van der Waals surface area contributed by atoms with Gasteiger partial charge in [-0.1, -0.05) is 58.4 Å². The Morgan fingerprint density at radius 1 is 1.10 bits per heavy atom. The summed E-state index contributed by atoms with van der Waals surface area (Å²) in [5.41, 5.74) is 1.16. The van der Waals surface area contributed by atoms with Crippen LogP contribution in [0.3, 0.4) is 0 Å². The summed E-state index contributed by atoms with van der Waals surface area (Å²) in [6.07, 6.45) is -0.557. The number of halogens is 1. The lowest BCUT2D eigenvalue weighted by atomic mass is 10.0. The number of aliphatic hydroxyl groups is 1. The fraction of sp³-hybridized carbons (Fsp3) is 0.333. The van der Waals surface area contributed by atoms with Crippen LogP contribution in [0.4, 0.5) is 0 Å². The highest BCUT2D eigenvalue weighted by molar-refractivity contribution is 9.10. The van der Waals surface area contributed by atoms with E-state index in [9.17, 15) is 5.11 Å². The molecule has 3 aromatic carbocycles. The Kier molecular flexibility index (Phi) is 6.50. The van der Waals surface area contributed by atoms with Crippen LogP contribution in [0.1, 0.15) is 18.6 Å². The van der Waals surface area contributed by atoms with E-state index in [-0.39, 0.29) is 18.8 Å². The zero-order chi connectivity index (χ0) is 20.2. The Morgan fingerprint density at radius 3 is 2.66 bits per heavy atom. The molecule has 3 unspecified atom stereocenters. The Balaban J connectivity index is 1.34. The van der Waals surface area contributed by atoms with Crippen molar-refractivity contribution in [3.05, 3.63) is 76.8 Å². The van der Waals surface area contributed by atoms with Crippen molar-refractivity contribution < 1.29 is 14.6 Å². The Morgan fingerprint density at radius 2 is 1.86 bits per heavy atom. The molecule has 0 aliphatic carbocycles. The fourth-order valence-electron chi connectivity index (χ4n) is 3.89. The molecule has 0 radical (unpaired) electrons. The standard InChI is InChI=1S/C24H26BrNO3/c1-17-24(19-6-9-21(25)10-7-19)28-13-12-26(17)15-22(27)16-29-23-11-8-18-4-2-3-5-20(18)14-23/h2-11,14,17,22,24,27H,12-13,15-16H2,1H3. The van der Waals surface area contributed by atoms with Crippen molar-refractivity contribution >= 4 is 26.7 Å². The highest BCUT2D eigenvalue weighted by Gasteiger charge is 2.31. The maximum atomic E-state index is 10.6. The van der Waals surface area contributed by atoms with Gasteiger partial charge in [-0.15, -0.1) is 0 Å². The molecule has 4 nitrogen and oxygen atoms in total. The summed E-state index contributed by atoms with van der Waals surface area (Å²) in [6, 6.07) is 22.6. The molecule has 4 rings (SSSR count). The topological polar surface area (TPSA) is 41.9 Å². The molecule has 1 N–H and O–H groups in total. The Bertz CT molecular complexity index is 946. The van der Waals surface area contributed by atoms with Gasteiger partial charge in [-0.05, 0) is 47.5 Å². The van der Waals surface area contributed by atoms with Gasteiger partial charge in [0.1, 0.15) is 18.5 Å². The first-order valence-electron chi connectivity index (χ1n) is 10.0. The summed E-state index contributed by atoms with van der Waals surface area (Å²) in [6.45, 7) is 4.45. The molecular weight excluding hydrogens is 430 g/mol. The summed E-state index contributed by atoms with van der Waals surface area (Å²) in [4.78, 5) is 2.28. The van der Waals surface area contributed by atoms with E-state index < -0.39 is 6.10 Å². The Labute approximate surface area is 180 Å². The van der Waals surface area contributed by atoms with Crippen molar-refractivity contribution in [1.29, 1.82) is 0 Å². The van der Waals surface area contributed by atoms with E-state index in [0.717, 1.165) is 27.7 Å². The number of nitrogens with zero attached hydrogens (tertiary/aromatic N) is 1. The molecule has 0 bridgehead atoms. The average molecular weight is 456 g/mol. The highest BCUT2D eigenvalue weighted by Crippen LogP contribution is 2.29. The third-order valence-electron chi connectivity index (χ3n) is 5.50. The van der Waals surface area contributed by atoms with Crippen LogP contribution in [-0.2, 0) is 4.74 Å². The SMILES string of the molecule is CC1C(c2ccc(Br)cc2)OCCN1CC(O)COc1ccc2ccccc2c1. The zero-order valence-corrected chi connectivity index (χ0v) is 18.1. The largest absolute Gasteiger partial charge is 0.491 e. The van der Waals surface area contributed by atoms with Gasteiger partial charge >= 0.3 is 0 Å². The minimum Gasteiger partial charge on any atom is -0.491 e. The molecule has 0 aromatic heterocycles. The maximum Gasteiger partial charge on any atom is 0.120 e. The van der Waals surface area contributed by atoms with E-state index in [4.69, 9.17) is 9.47 Å². The lowest BCUT2D eigenvalue weighted by molar-refractivity contribution is -0.0804. The molecular formula is C24H26BrNO3. The Hall–Kier alpha value is -1.92. The van der Waals surface area contributed by atoms with Gasteiger partial charge in [-0.25, -0.2) is 0 Å². The third kappa shape index (κ3) is 4.98. The summed E-state index contributed by atoms with van der Waals surface area (Å²) >= 11 is 3.48. The molecule has 29 heavy (non-hydrogen) atoms. The lowest BCUT2D eigenvalue weighted by Gasteiger charge is -2.40. The second kappa shape index (κ2) is 9.26. The summed E-state index contributed by atoms with van der Waals surface area (Å²) in [5.74, 6) is 0.783. The maximum absolute atomic E-state index is 10.6. The molecule has 5 heteroatoms. The quantitative estimate of drug-likeness (QED) is 0.579. The second-order valence-electron chi connectivity index (χ2n) is 7.55. The van der Waals surface area contributed by atoms with Gasteiger partial charge in [0.15, 0.2) is 0 Å². The van der Waals surface area contributed by atoms with Crippen molar-refractivity contribution in [1.82, 2.24) is 4.90 Å². The zero-order valence-electron chi connectivity index (χ0n) is 16.5. The summed E-state index contributed by atoms with van der Waals surface area (Å²) < 4.78 is 13.0. The van der Waals surface area contributed by atoms with E-state index in [0.29, 0.717) is 13.2 Å². The van der Waals surface area contributed by atoms with Crippen molar-refractivity contribution in [2.45, 2.75) is 25.2 Å². The van der Waals surface area contributed by atoms with Gasteiger partial charge in [-0.3, -0.25) is 4.90 Å². The number of rotatable bonds is 6. The smallest absolute Gasteiger partial charge is 0.120 e. The van der Waals surface area contributed by atoms with Crippen LogP contribution < -0.4 is 4.74 Å². The van der Waals surface area contributed by atoms with E-state index in [1.807, 2.05) is 42.5 Å². The van der Waals surface area contributed by atoms with Crippen LogP contribution in [0, 0.1) is 0 Å². The van der Waals surface area contributed by atoms with E-state index in [2.05, 4.69) is 52.0 Å². The summed E-state index contributed by atoms with van der Waals surface area (Å²) in [5, 5.41) is 12.9. The first-order valence-corrected chi connectivity index (χ1v) is 10.8. The van der Waals surface area contributed by atoms with Crippen LogP contribution in [0.2, 0.25) is 0 Å². The van der Waals surface area contributed by atoms with Crippen LogP contribution in [0.25, 0.3) is 10.8 Å². The number of morpholine rings is 1. The molecule has 1 aliphatic heterocycles. The number of hydrogen-bond donors (Lipinski definition) is 1. The van der Waals surface area contributed by atoms with Gasteiger partial charge in [0.05, 0.1) is 12.7 Å².